The number of carbonyl (C=O) groups excluding carboxylic acids is 1. The average Bonchev–Trinajstić information content (AvgIpc) is 3.51. The van der Waals surface area contributed by atoms with Crippen molar-refractivity contribution in [2.75, 3.05) is 32.7 Å². The second-order valence-electron chi connectivity index (χ2n) is 9.09. The molecular formula is C26H31N3O. The Labute approximate surface area is 179 Å². The maximum atomic E-state index is 12.8. The molecule has 0 radical (unpaired) electrons. The molecule has 156 valence electrons. The Morgan fingerprint density at radius 1 is 1.03 bits per heavy atom. The van der Waals surface area contributed by atoms with Crippen LogP contribution in [0.1, 0.15) is 36.0 Å². The number of likely N-dealkylation sites (tertiary alicyclic amines) is 2. The Morgan fingerprint density at radius 3 is 2.63 bits per heavy atom. The Kier molecular flexibility index (Phi) is 5.67. The van der Waals surface area contributed by atoms with Gasteiger partial charge in [-0.25, -0.2) is 0 Å². The first-order chi connectivity index (χ1) is 14.8. The highest BCUT2D eigenvalue weighted by Gasteiger charge is 2.40. The van der Waals surface area contributed by atoms with E-state index in [1.54, 1.807) is 12.4 Å². The van der Waals surface area contributed by atoms with Crippen LogP contribution in [0.5, 0.6) is 0 Å². The van der Waals surface area contributed by atoms with Crippen LogP contribution in [0.4, 0.5) is 0 Å². The molecule has 1 aromatic carbocycles. The third kappa shape index (κ3) is 4.20. The number of nitrogens with zero attached hydrogens (tertiary/aromatic N) is 3. The number of aromatic nitrogens is 1. The van der Waals surface area contributed by atoms with Gasteiger partial charge in [0.15, 0.2) is 0 Å². The standard InChI is InChI=1S/C26H31N3O/c30-26(16-21-4-3-12-27-17-21)29-18-23-9-10-24(25(23)19-29)22-7-5-20(6-8-22)11-15-28-13-1-2-14-28/h3-8,10,12,17,23,25H,1-2,9,11,13-16,18-19H2/t23-,25+/m1/s1. The Morgan fingerprint density at radius 2 is 1.87 bits per heavy atom. The monoisotopic (exact) mass is 401 g/mol. The molecule has 3 aliphatic rings. The lowest BCUT2D eigenvalue weighted by atomic mass is 9.90. The molecule has 1 aromatic heterocycles. The van der Waals surface area contributed by atoms with E-state index in [2.05, 4.69) is 45.1 Å². The van der Waals surface area contributed by atoms with E-state index in [-0.39, 0.29) is 5.91 Å². The maximum Gasteiger partial charge on any atom is 0.227 e. The highest BCUT2D eigenvalue weighted by molar-refractivity contribution is 5.80. The number of pyridine rings is 1. The van der Waals surface area contributed by atoms with Gasteiger partial charge in [-0.15, -0.1) is 0 Å². The summed E-state index contributed by atoms with van der Waals surface area (Å²) in [6.07, 6.45) is 11.4. The molecule has 0 unspecified atom stereocenters. The van der Waals surface area contributed by atoms with Crippen LogP contribution in [-0.2, 0) is 17.6 Å². The molecule has 5 rings (SSSR count). The van der Waals surface area contributed by atoms with Crippen molar-refractivity contribution in [2.45, 2.75) is 32.1 Å². The smallest absolute Gasteiger partial charge is 0.227 e. The van der Waals surface area contributed by atoms with Gasteiger partial charge in [-0.05, 0) is 73.0 Å². The lowest BCUT2D eigenvalue weighted by molar-refractivity contribution is -0.129. The van der Waals surface area contributed by atoms with E-state index in [4.69, 9.17) is 0 Å². The van der Waals surface area contributed by atoms with Gasteiger partial charge < -0.3 is 9.80 Å². The third-order valence-corrected chi connectivity index (χ3v) is 7.11. The summed E-state index contributed by atoms with van der Waals surface area (Å²) in [5.41, 5.74) is 5.22. The van der Waals surface area contributed by atoms with Crippen molar-refractivity contribution in [2.24, 2.45) is 11.8 Å². The Hall–Kier alpha value is -2.46. The van der Waals surface area contributed by atoms with Crippen molar-refractivity contribution in [1.29, 1.82) is 0 Å². The van der Waals surface area contributed by atoms with Gasteiger partial charge in [0, 0.05) is 37.9 Å². The fraction of sp³-hybridized carbons (Fsp3) is 0.462. The second-order valence-corrected chi connectivity index (χ2v) is 9.09. The molecule has 2 aliphatic heterocycles. The molecule has 0 N–H and O–H groups in total. The van der Waals surface area contributed by atoms with Crippen LogP contribution in [-0.4, -0.2) is 53.4 Å². The van der Waals surface area contributed by atoms with E-state index in [0.717, 1.165) is 31.5 Å². The normalized spacial score (nSPS) is 23.6. The fourth-order valence-electron chi connectivity index (χ4n) is 5.37. The van der Waals surface area contributed by atoms with Crippen molar-refractivity contribution < 1.29 is 4.79 Å². The number of hydrogen-bond donors (Lipinski definition) is 0. The number of rotatable bonds is 6. The molecule has 0 spiro atoms. The number of benzene rings is 1. The zero-order chi connectivity index (χ0) is 20.3. The summed E-state index contributed by atoms with van der Waals surface area (Å²) in [5.74, 6) is 1.29. The predicted octanol–water partition coefficient (Wildman–Crippen LogP) is 3.82. The highest BCUT2D eigenvalue weighted by atomic mass is 16.2. The first-order valence-electron chi connectivity index (χ1n) is 11.4. The molecule has 2 atom stereocenters. The summed E-state index contributed by atoms with van der Waals surface area (Å²) < 4.78 is 0. The second kappa shape index (κ2) is 8.73. The topological polar surface area (TPSA) is 36.4 Å². The van der Waals surface area contributed by atoms with E-state index in [0.29, 0.717) is 18.3 Å². The van der Waals surface area contributed by atoms with Crippen LogP contribution >= 0.6 is 0 Å². The summed E-state index contributed by atoms with van der Waals surface area (Å²) in [5, 5.41) is 0. The SMILES string of the molecule is O=C(Cc1cccnc1)N1C[C@H]2CC=C(c3ccc(CCN4CCCC4)cc3)[C@H]2C1. The van der Waals surface area contributed by atoms with Crippen LogP contribution in [0.2, 0.25) is 0 Å². The largest absolute Gasteiger partial charge is 0.341 e. The van der Waals surface area contributed by atoms with Crippen LogP contribution in [0.3, 0.4) is 0 Å². The van der Waals surface area contributed by atoms with Crippen molar-refractivity contribution in [3.8, 4) is 0 Å². The van der Waals surface area contributed by atoms with Crippen LogP contribution in [0.25, 0.3) is 5.57 Å². The summed E-state index contributed by atoms with van der Waals surface area (Å²) in [7, 11) is 0. The number of allylic oxidation sites excluding steroid dienone is 1. The number of carbonyl (C=O) groups is 1. The first-order valence-corrected chi connectivity index (χ1v) is 11.4. The lowest BCUT2D eigenvalue weighted by Crippen LogP contribution is -2.30. The quantitative estimate of drug-likeness (QED) is 0.738. The Balaban J connectivity index is 1.19. The van der Waals surface area contributed by atoms with Crippen LogP contribution in [0, 0.1) is 11.8 Å². The molecule has 4 nitrogen and oxygen atoms in total. The summed E-state index contributed by atoms with van der Waals surface area (Å²) in [4.78, 5) is 21.6. The van der Waals surface area contributed by atoms with E-state index in [1.807, 2.05) is 12.1 Å². The predicted molar refractivity (Wildman–Crippen MR) is 120 cm³/mol. The van der Waals surface area contributed by atoms with E-state index < -0.39 is 0 Å². The maximum absolute atomic E-state index is 12.8. The van der Waals surface area contributed by atoms with Crippen molar-refractivity contribution in [3.05, 3.63) is 71.6 Å². The molecule has 1 amide bonds. The highest BCUT2D eigenvalue weighted by Crippen LogP contribution is 2.43. The van der Waals surface area contributed by atoms with Crippen molar-refractivity contribution >= 4 is 11.5 Å². The molecule has 3 heterocycles. The minimum atomic E-state index is 0.231. The molecule has 0 bridgehead atoms. The fourth-order valence-corrected chi connectivity index (χ4v) is 5.37. The van der Waals surface area contributed by atoms with Gasteiger partial charge >= 0.3 is 0 Å². The van der Waals surface area contributed by atoms with Crippen molar-refractivity contribution in [3.63, 3.8) is 0 Å². The van der Waals surface area contributed by atoms with Gasteiger partial charge in [-0.3, -0.25) is 9.78 Å². The van der Waals surface area contributed by atoms with Crippen LogP contribution < -0.4 is 0 Å². The van der Waals surface area contributed by atoms with Crippen molar-refractivity contribution in [1.82, 2.24) is 14.8 Å². The lowest BCUT2D eigenvalue weighted by Gasteiger charge is -2.18. The molecule has 2 fully saturated rings. The van der Waals surface area contributed by atoms with Gasteiger partial charge in [0.05, 0.1) is 6.42 Å². The summed E-state index contributed by atoms with van der Waals surface area (Å²) in [6.45, 7) is 5.46. The van der Waals surface area contributed by atoms with Gasteiger partial charge in [0.2, 0.25) is 5.91 Å². The number of fused-ring (bicyclic) bond motifs is 1. The average molecular weight is 402 g/mol. The Bertz CT molecular complexity index is 900. The van der Waals surface area contributed by atoms with Gasteiger partial charge in [0.1, 0.15) is 0 Å². The molecule has 4 heteroatoms. The third-order valence-electron chi connectivity index (χ3n) is 7.11. The first kappa shape index (κ1) is 19.5. The molecule has 1 aliphatic carbocycles. The minimum absolute atomic E-state index is 0.231. The molecule has 0 saturated carbocycles. The van der Waals surface area contributed by atoms with E-state index in [9.17, 15) is 4.79 Å². The molecule has 30 heavy (non-hydrogen) atoms. The zero-order valence-electron chi connectivity index (χ0n) is 17.7. The molecular weight excluding hydrogens is 370 g/mol. The van der Waals surface area contributed by atoms with Gasteiger partial charge in [0.25, 0.3) is 0 Å². The van der Waals surface area contributed by atoms with E-state index in [1.165, 1.54) is 49.2 Å². The summed E-state index contributed by atoms with van der Waals surface area (Å²) >= 11 is 0. The van der Waals surface area contributed by atoms with Crippen LogP contribution in [0.15, 0.2) is 54.9 Å². The van der Waals surface area contributed by atoms with E-state index >= 15 is 0 Å². The molecule has 2 saturated heterocycles. The number of hydrogen-bond acceptors (Lipinski definition) is 3. The summed E-state index contributed by atoms with van der Waals surface area (Å²) in [6, 6.07) is 13.1. The van der Waals surface area contributed by atoms with Gasteiger partial charge in [-0.1, -0.05) is 36.4 Å². The minimum Gasteiger partial charge on any atom is -0.341 e. The zero-order valence-corrected chi connectivity index (χ0v) is 17.7. The molecule has 2 aromatic rings. The number of amides is 1. The van der Waals surface area contributed by atoms with Gasteiger partial charge in [-0.2, -0.15) is 0 Å².